The van der Waals surface area contributed by atoms with E-state index in [9.17, 15) is 13.2 Å². The number of nitrogens with zero attached hydrogens (tertiary/aromatic N) is 4. The first-order valence-electron chi connectivity index (χ1n) is 4.97. The fourth-order valence-corrected chi connectivity index (χ4v) is 2.27. The van der Waals surface area contributed by atoms with E-state index in [1.165, 1.54) is 7.11 Å². The van der Waals surface area contributed by atoms with Gasteiger partial charge in [-0.25, -0.2) is 0 Å². The van der Waals surface area contributed by atoms with Gasteiger partial charge >= 0.3 is 6.18 Å². The molecule has 2 aromatic rings. The van der Waals surface area contributed by atoms with E-state index in [0.717, 1.165) is 11.3 Å². The third-order valence-electron chi connectivity index (χ3n) is 2.28. The molecule has 0 saturated heterocycles. The normalized spacial score (nSPS) is 14.3. The standard InChI is InChI=1S/C8H10F3N5OS/c1-17-4(3-12)2-5-15-16-6(8(9,10)11)13-14-7(16)18-5/h4H,2-3,12H2,1H3. The van der Waals surface area contributed by atoms with Gasteiger partial charge in [-0.15, -0.1) is 10.2 Å². The molecule has 2 rings (SSSR count). The Hall–Kier alpha value is -1.26. The van der Waals surface area contributed by atoms with Crippen molar-refractivity contribution in [1.82, 2.24) is 19.8 Å². The summed E-state index contributed by atoms with van der Waals surface area (Å²) in [5.41, 5.74) is 5.44. The number of hydrogen-bond donors (Lipinski definition) is 1. The third-order valence-corrected chi connectivity index (χ3v) is 3.21. The minimum absolute atomic E-state index is 0.101. The van der Waals surface area contributed by atoms with Gasteiger partial charge in [0.2, 0.25) is 4.96 Å². The quantitative estimate of drug-likeness (QED) is 0.893. The predicted molar refractivity (Wildman–Crippen MR) is 57.2 cm³/mol. The van der Waals surface area contributed by atoms with Gasteiger partial charge in [-0.3, -0.25) is 0 Å². The minimum Gasteiger partial charge on any atom is -0.380 e. The van der Waals surface area contributed by atoms with Crippen LogP contribution in [0.2, 0.25) is 0 Å². The number of hydrogen-bond acceptors (Lipinski definition) is 6. The van der Waals surface area contributed by atoms with Crippen LogP contribution in [0.15, 0.2) is 0 Å². The highest BCUT2D eigenvalue weighted by atomic mass is 32.1. The second kappa shape index (κ2) is 4.78. The lowest BCUT2D eigenvalue weighted by Gasteiger charge is -2.09. The van der Waals surface area contributed by atoms with Gasteiger partial charge in [-0.1, -0.05) is 11.3 Å². The molecule has 0 aliphatic rings. The predicted octanol–water partition coefficient (Wildman–Crippen LogP) is 0.721. The van der Waals surface area contributed by atoms with E-state index in [4.69, 9.17) is 10.5 Å². The van der Waals surface area contributed by atoms with Crippen molar-refractivity contribution in [3.8, 4) is 0 Å². The number of alkyl halides is 3. The Labute approximate surface area is 104 Å². The first-order chi connectivity index (χ1) is 8.45. The summed E-state index contributed by atoms with van der Waals surface area (Å²) in [6, 6.07) is 0. The Balaban J connectivity index is 2.31. The summed E-state index contributed by atoms with van der Waals surface area (Å²) < 4.78 is 43.4. The largest absolute Gasteiger partial charge is 0.453 e. The van der Waals surface area contributed by atoms with Gasteiger partial charge in [0.1, 0.15) is 5.01 Å². The summed E-state index contributed by atoms with van der Waals surface area (Å²) in [6.45, 7) is 0.267. The van der Waals surface area contributed by atoms with Crippen LogP contribution < -0.4 is 5.73 Å². The molecule has 0 amide bonds. The van der Waals surface area contributed by atoms with Crippen molar-refractivity contribution in [2.24, 2.45) is 5.73 Å². The minimum atomic E-state index is -4.57. The fraction of sp³-hybridized carbons (Fsp3) is 0.625. The van der Waals surface area contributed by atoms with Crippen LogP contribution >= 0.6 is 11.3 Å². The number of rotatable bonds is 4. The van der Waals surface area contributed by atoms with Crippen molar-refractivity contribution >= 4 is 16.3 Å². The molecule has 2 N–H and O–H groups in total. The van der Waals surface area contributed by atoms with Gasteiger partial charge in [0.15, 0.2) is 0 Å². The number of ether oxygens (including phenoxy) is 1. The second-order valence-corrected chi connectivity index (χ2v) is 4.55. The zero-order chi connectivity index (χ0) is 13.3. The molecule has 100 valence electrons. The molecule has 2 heterocycles. The lowest BCUT2D eigenvalue weighted by molar-refractivity contribution is -0.146. The molecule has 0 aliphatic carbocycles. The van der Waals surface area contributed by atoms with Crippen molar-refractivity contribution in [3.05, 3.63) is 10.8 Å². The summed E-state index contributed by atoms with van der Waals surface area (Å²) in [6.07, 6.45) is -4.50. The van der Waals surface area contributed by atoms with Crippen LogP contribution in [0, 0.1) is 0 Å². The molecule has 1 atom stereocenters. The lowest BCUT2D eigenvalue weighted by atomic mass is 10.3. The topological polar surface area (TPSA) is 78.3 Å². The van der Waals surface area contributed by atoms with Gasteiger partial charge in [0.25, 0.3) is 5.82 Å². The highest BCUT2D eigenvalue weighted by molar-refractivity contribution is 7.16. The molecule has 0 saturated carbocycles. The maximum absolute atomic E-state index is 12.6. The van der Waals surface area contributed by atoms with Gasteiger partial charge in [0, 0.05) is 20.1 Å². The molecule has 0 spiro atoms. The molecular formula is C8H10F3N5OS. The third kappa shape index (κ3) is 2.44. The SMILES string of the molecule is COC(CN)Cc1nn2c(C(F)(F)F)nnc2s1. The summed E-state index contributed by atoms with van der Waals surface area (Å²) in [7, 11) is 1.49. The van der Waals surface area contributed by atoms with E-state index in [1.807, 2.05) is 0 Å². The molecule has 1 unspecified atom stereocenters. The molecule has 0 radical (unpaired) electrons. The van der Waals surface area contributed by atoms with E-state index in [-0.39, 0.29) is 17.6 Å². The van der Waals surface area contributed by atoms with Crippen LogP contribution in [0.4, 0.5) is 13.2 Å². The number of nitrogens with two attached hydrogens (primary N) is 1. The van der Waals surface area contributed by atoms with Crippen molar-refractivity contribution in [2.45, 2.75) is 18.7 Å². The van der Waals surface area contributed by atoms with Crippen LogP contribution in [-0.4, -0.2) is 39.6 Å². The van der Waals surface area contributed by atoms with Gasteiger partial charge in [-0.2, -0.15) is 22.8 Å². The van der Waals surface area contributed by atoms with Crippen molar-refractivity contribution < 1.29 is 17.9 Å². The Bertz CT molecular complexity index is 532. The Morgan fingerprint density at radius 1 is 1.44 bits per heavy atom. The van der Waals surface area contributed by atoms with Crippen LogP contribution in [0.1, 0.15) is 10.8 Å². The first-order valence-corrected chi connectivity index (χ1v) is 5.78. The first kappa shape index (κ1) is 13.2. The van der Waals surface area contributed by atoms with Crippen LogP contribution in [0.25, 0.3) is 4.96 Å². The highest BCUT2D eigenvalue weighted by Crippen LogP contribution is 2.29. The summed E-state index contributed by atoms with van der Waals surface area (Å²) >= 11 is 1.04. The van der Waals surface area contributed by atoms with Crippen molar-refractivity contribution in [3.63, 3.8) is 0 Å². The second-order valence-electron chi connectivity index (χ2n) is 3.51. The lowest BCUT2D eigenvalue weighted by Crippen LogP contribution is -2.24. The number of methoxy groups -OCH3 is 1. The molecule has 18 heavy (non-hydrogen) atoms. The molecule has 6 nitrogen and oxygen atoms in total. The number of aromatic nitrogens is 4. The summed E-state index contributed by atoms with van der Waals surface area (Å²) in [5, 5.41) is 10.8. The van der Waals surface area contributed by atoms with E-state index >= 15 is 0 Å². The number of fused-ring (bicyclic) bond motifs is 1. The van der Waals surface area contributed by atoms with Crippen LogP contribution in [0.5, 0.6) is 0 Å². The molecule has 0 aromatic carbocycles. The molecule has 0 bridgehead atoms. The van der Waals surface area contributed by atoms with Gasteiger partial charge < -0.3 is 10.5 Å². The Morgan fingerprint density at radius 3 is 2.72 bits per heavy atom. The molecule has 0 fully saturated rings. The van der Waals surface area contributed by atoms with E-state index in [0.29, 0.717) is 15.9 Å². The van der Waals surface area contributed by atoms with Crippen LogP contribution in [-0.2, 0) is 17.3 Å². The van der Waals surface area contributed by atoms with Crippen molar-refractivity contribution in [2.75, 3.05) is 13.7 Å². The Kier molecular flexibility index (Phi) is 3.50. The fourth-order valence-electron chi connectivity index (χ4n) is 1.37. The van der Waals surface area contributed by atoms with Crippen molar-refractivity contribution in [1.29, 1.82) is 0 Å². The average Bonchev–Trinajstić information content (AvgIpc) is 2.82. The molecule has 2 aromatic heterocycles. The zero-order valence-corrected chi connectivity index (χ0v) is 10.1. The van der Waals surface area contributed by atoms with E-state index in [1.54, 1.807) is 0 Å². The van der Waals surface area contributed by atoms with E-state index < -0.39 is 12.0 Å². The summed E-state index contributed by atoms with van der Waals surface area (Å²) in [4.78, 5) is 0.101. The van der Waals surface area contributed by atoms with Gasteiger partial charge in [0.05, 0.1) is 6.10 Å². The molecule has 10 heteroatoms. The van der Waals surface area contributed by atoms with E-state index in [2.05, 4.69) is 15.3 Å². The van der Waals surface area contributed by atoms with Crippen LogP contribution in [0.3, 0.4) is 0 Å². The Morgan fingerprint density at radius 2 is 2.17 bits per heavy atom. The maximum atomic E-state index is 12.6. The maximum Gasteiger partial charge on any atom is 0.453 e. The average molecular weight is 281 g/mol. The molecule has 0 aliphatic heterocycles. The smallest absolute Gasteiger partial charge is 0.380 e. The number of halogens is 3. The zero-order valence-electron chi connectivity index (χ0n) is 9.31. The monoisotopic (exact) mass is 281 g/mol. The molecular weight excluding hydrogens is 271 g/mol. The highest BCUT2D eigenvalue weighted by Gasteiger charge is 2.38. The van der Waals surface area contributed by atoms with Gasteiger partial charge in [-0.05, 0) is 0 Å². The summed E-state index contributed by atoms with van der Waals surface area (Å²) in [5.74, 6) is -1.12.